The Morgan fingerprint density at radius 2 is 1.68 bits per heavy atom. The molecule has 0 spiro atoms. The van der Waals surface area contributed by atoms with Gasteiger partial charge >= 0.3 is 11.7 Å². The summed E-state index contributed by atoms with van der Waals surface area (Å²) < 4.78 is 10.7. The van der Waals surface area contributed by atoms with Crippen LogP contribution in [-0.2, 0) is 4.74 Å². The fourth-order valence-electron chi connectivity index (χ4n) is 5.28. The highest BCUT2D eigenvalue weighted by molar-refractivity contribution is 5.79. The molecule has 1 heterocycles. The molecule has 40 heavy (non-hydrogen) atoms. The Morgan fingerprint density at radius 1 is 1.00 bits per heavy atom. The van der Waals surface area contributed by atoms with Crippen molar-refractivity contribution in [2.24, 2.45) is 35.3 Å². The van der Waals surface area contributed by atoms with Crippen LogP contribution in [0.3, 0.4) is 0 Å². The van der Waals surface area contributed by atoms with Crippen molar-refractivity contribution in [1.29, 1.82) is 0 Å². The van der Waals surface area contributed by atoms with Gasteiger partial charge < -0.3 is 25.1 Å². The van der Waals surface area contributed by atoms with Crippen LogP contribution >= 0.6 is 0 Å². The van der Waals surface area contributed by atoms with Gasteiger partial charge in [0.2, 0.25) is 0 Å². The first-order valence-electron chi connectivity index (χ1n) is 14.2. The standard InChI is InChI=1S/C33H47NO6/c1-8-9-10-22(4)32(40-33(34)38)25(7)31(37)24(6)18-20(2)17-23(5)30(36)21(3)11-12-26-13-14-27-15-16-29(35)39-28(27)19-26/h9-17,19,21-25,30-32,36-37H,8,18H2,1-7H3,(H2,34,38)/b10-9-,12-11-,20-17-/t21-,22-,23-,24-,25-,30-,31+,32-/m0/s1. The Balaban J connectivity index is 2.02. The molecule has 0 saturated carbocycles. The van der Waals surface area contributed by atoms with Crippen LogP contribution in [0.4, 0.5) is 4.79 Å². The molecular weight excluding hydrogens is 506 g/mol. The van der Waals surface area contributed by atoms with Crippen LogP contribution in [0.2, 0.25) is 0 Å². The third-order valence-electron chi connectivity index (χ3n) is 7.59. The molecule has 2 rings (SSSR count). The van der Waals surface area contributed by atoms with Crippen molar-refractivity contribution in [3.8, 4) is 0 Å². The van der Waals surface area contributed by atoms with E-state index in [1.54, 1.807) is 6.07 Å². The maximum absolute atomic E-state index is 11.5. The zero-order valence-corrected chi connectivity index (χ0v) is 24.9. The number of primary amides is 1. The van der Waals surface area contributed by atoms with Crippen molar-refractivity contribution in [3.63, 3.8) is 0 Å². The fourth-order valence-corrected chi connectivity index (χ4v) is 5.28. The van der Waals surface area contributed by atoms with Gasteiger partial charge in [0.05, 0.1) is 12.2 Å². The van der Waals surface area contributed by atoms with E-state index in [2.05, 4.69) is 6.08 Å². The maximum Gasteiger partial charge on any atom is 0.404 e. The molecule has 4 N–H and O–H groups in total. The second kappa shape index (κ2) is 15.6. The van der Waals surface area contributed by atoms with E-state index in [0.717, 1.165) is 22.9 Å². The number of nitrogens with two attached hydrogens (primary N) is 1. The van der Waals surface area contributed by atoms with E-state index in [0.29, 0.717) is 12.0 Å². The van der Waals surface area contributed by atoms with Gasteiger partial charge in [-0.25, -0.2) is 9.59 Å². The average molecular weight is 554 g/mol. The van der Waals surface area contributed by atoms with Crippen LogP contribution in [0.15, 0.2) is 69.4 Å². The third kappa shape index (κ3) is 9.79. The second-order valence-electron chi connectivity index (χ2n) is 11.3. The molecule has 1 aromatic heterocycles. The summed E-state index contributed by atoms with van der Waals surface area (Å²) >= 11 is 0. The highest BCUT2D eigenvalue weighted by atomic mass is 16.6. The monoisotopic (exact) mass is 553 g/mol. The first kappa shape index (κ1) is 33.0. The minimum atomic E-state index is -0.845. The summed E-state index contributed by atoms with van der Waals surface area (Å²) in [4.78, 5) is 23.1. The topological polar surface area (TPSA) is 123 Å². The molecule has 7 heteroatoms. The Kier molecular flexibility index (Phi) is 12.9. The van der Waals surface area contributed by atoms with Gasteiger partial charge in [0, 0.05) is 35.1 Å². The average Bonchev–Trinajstić information content (AvgIpc) is 2.91. The number of aliphatic hydroxyl groups excluding tert-OH is 2. The predicted molar refractivity (Wildman–Crippen MR) is 162 cm³/mol. The summed E-state index contributed by atoms with van der Waals surface area (Å²) in [5, 5.41) is 22.9. The van der Waals surface area contributed by atoms with E-state index in [1.807, 2.05) is 91.0 Å². The van der Waals surface area contributed by atoms with Crippen molar-refractivity contribution in [3.05, 3.63) is 76.2 Å². The van der Waals surface area contributed by atoms with Gasteiger partial charge in [0.1, 0.15) is 11.7 Å². The van der Waals surface area contributed by atoms with Gasteiger partial charge in [0.25, 0.3) is 0 Å². The summed E-state index contributed by atoms with van der Waals surface area (Å²) in [7, 11) is 0. The molecule has 8 atom stereocenters. The van der Waals surface area contributed by atoms with Gasteiger partial charge in [-0.2, -0.15) is 0 Å². The minimum absolute atomic E-state index is 0.0844. The quantitative estimate of drug-likeness (QED) is 0.182. The highest BCUT2D eigenvalue weighted by Crippen LogP contribution is 2.29. The lowest BCUT2D eigenvalue weighted by atomic mass is 9.81. The van der Waals surface area contributed by atoms with Gasteiger partial charge in [-0.3, -0.25) is 0 Å². The molecule has 0 aliphatic rings. The van der Waals surface area contributed by atoms with Gasteiger partial charge in [-0.05, 0) is 43.4 Å². The summed E-state index contributed by atoms with van der Waals surface area (Å²) in [6.45, 7) is 13.8. The molecule has 0 aliphatic carbocycles. The Bertz CT molecular complexity index is 1240. The third-order valence-corrected chi connectivity index (χ3v) is 7.59. The van der Waals surface area contributed by atoms with Crippen molar-refractivity contribution in [2.45, 2.75) is 79.6 Å². The number of ether oxygens (including phenoxy) is 1. The molecule has 1 aromatic carbocycles. The first-order chi connectivity index (χ1) is 18.8. The first-order valence-corrected chi connectivity index (χ1v) is 14.2. The van der Waals surface area contributed by atoms with Crippen molar-refractivity contribution >= 4 is 23.1 Å². The van der Waals surface area contributed by atoms with E-state index in [9.17, 15) is 19.8 Å². The number of hydrogen-bond donors (Lipinski definition) is 3. The Morgan fingerprint density at radius 3 is 2.33 bits per heavy atom. The van der Waals surface area contributed by atoms with Crippen LogP contribution in [0.25, 0.3) is 17.0 Å². The van der Waals surface area contributed by atoms with E-state index >= 15 is 0 Å². The van der Waals surface area contributed by atoms with E-state index < -0.39 is 24.4 Å². The van der Waals surface area contributed by atoms with Crippen LogP contribution < -0.4 is 11.4 Å². The zero-order valence-electron chi connectivity index (χ0n) is 24.9. The largest absolute Gasteiger partial charge is 0.445 e. The van der Waals surface area contributed by atoms with Crippen molar-refractivity contribution in [1.82, 2.24) is 0 Å². The van der Waals surface area contributed by atoms with Crippen LogP contribution in [0.1, 0.15) is 66.9 Å². The smallest absolute Gasteiger partial charge is 0.404 e. The number of benzene rings is 1. The van der Waals surface area contributed by atoms with Crippen molar-refractivity contribution < 1.29 is 24.2 Å². The lowest BCUT2D eigenvalue weighted by molar-refractivity contribution is -0.0266. The maximum atomic E-state index is 11.5. The lowest BCUT2D eigenvalue weighted by Crippen LogP contribution is -2.41. The molecule has 2 aromatic rings. The number of rotatable bonds is 14. The predicted octanol–water partition coefficient (Wildman–Crippen LogP) is 6.48. The number of fused-ring (bicyclic) bond motifs is 1. The highest BCUT2D eigenvalue weighted by Gasteiger charge is 2.33. The number of carbonyl (C=O) groups excluding carboxylic acids is 1. The number of carbonyl (C=O) groups is 1. The number of aliphatic hydroxyl groups is 2. The molecular formula is C33H47NO6. The van der Waals surface area contributed by atoms with Crippen LogP contribution in [0, 0.1) is 29.6 Å². The summed E-state index contributed by atoms with van der Waals surface area (Å²) in [5.74, 6) is -0.727. The summed E-state index contributed by atoms with van der Waals surface area (Å²) in [6.07, 6.45) is 8.74. The molecule has 0 saturated heterocycles. The number of allylic oxidation sites excluding steroid dienone is 2. The zero-order chi connectivity index (χ0) is 30.0. The molecule has 0 bridgehead atoms. The van der Waals surface area contributed by atoms with E-state index in [-0.39, 0.29) is 35.2 Å². The van der Waals surface area contributed by atoms with Gasteiger partial charge in [-0.15, -0.1) is 0 Å². The normalized spacial score (nSPS) is 18.8. The van der Waals surface area contributed by atoms with Gasteiger partial charge in [-0.1, -0.05) is 89.6 Å². The molecule has 7 nitrogen and oxygen atoms in total. The Labute approximate surface area is 238 Å². The number of amides is 1. The van der Waals surface area contributed by atoms with Crippen LogP contribution in [0.5, 0.6) is 0 Å². The molecule has 1 amide bonds. The SMILES string of the molecule is CC/C=C\[C@H](C)[C@H](OC(N)=O)[C@@H](C)[C@H](O)[C@@H](C)C/C(C)=C\[C@H](C)[C@@H](O)[C@@H](C)/C=C\c1ccc2ccc(=O)oc2c1. The molecule has 0 aliphatic heterocycles. The van der Waals surface area contributed by atoms with Crippen molar-refractivity contribution in [2.75, 3.05) is 0 Å². The second-order valence-corrected chi connectivity index (χ2v) is 11.3. The molecule has 0 radical (unpaired) electrons. The molecule has 0 fully saturated rings. The lowest BCUT2D eigenvalue weighted by Gasteiger charge is -2.33. The Hall–Kier alpha value is -3.16. The van der Waals surface area contributed by atoms with Crippen LogP contribution in [-0.4, -0.2) is 34.6 Å². The van der Waals surface area contributed by atoms with E-state index in [4.69, 9.17) is 14.9 Å². The molecule has 0 unspecified atom stereocenters. The molecule has 220 valence electrons. The minimum Gasteiger partial charge on any atom is -0.445 e. The summed E-state index contributed by atoms with van der Waals surface area (Å²) in [6, 6.07) is 8.79. The summed E-state index contributed by atoms with van der Waals surface area (Å²) in [5.41, 5.74) is 7.42. The number of hydrogen-bond acceptors (Lipinski definition) is 6. The fraction of sp³-hybridized carbons (Fsp3) is 0.515. The van der Waals surface area contributed by atoms with Gasteiger partial charge in [0.15, 0.2) is 0 Å². The van der Waals surface area contributed by atoms with E-state index in [1.165, 1.54) is 6.07 Å².